The van der Waals surface area contributed by atoms with Crippen LogP contribution in [0.2, 0.25) is 0 Å². The van der Waals surface area contributed by atoms with Crippen LogP contribution in [0.5, 0.6) is 0 Å². The zero-order valence-corrected chi connectivity index (χ0v) is 9.32. The molecule has 4 nitrogen and oxygen atoms in total. The second-order valence-corrected chi connectivity index (χ2v) is 4.21. The van der Waals surface area contributed by atoms with Gasteiger partial charge in [0.2, 0.25) is 5.91 Å². The summed E-state index contributed by atoms with van der Waals surface area (Å²) in [5, 5.41) is 9.30. The molecule has 1 heterocycles. The molecule has 0 aliphatic carbocycles. The summed E-state index contributed by atoms with van der Waals surface area (Å²) in [6, 6.07) is 0. The molecule has 0 atom stereocenters. The van der Waals surface area contributed by atoms with E-state index in [4.69, 9.17) is 5.73 Å². The Hall–Kier alpha value is -0.610. The van der Waals surface area contributed by atoms with E-state index in [0.717, 1.165) is 45.2 Å². The quantitative estimate of drug-likeness (QED) is 0.654. The predicted octanol–water partition coefficient (Wildman–Crippen LogP) is 0.489. The molecule has 0 saturated carbocycles. The number of piperidine rings is 1. The fourth-order valence-electron chi connectivity index (χ4n) is 1.87. The van der Waals surface area contributed by atoms with Crippen molar-refractivity contribution in [3.05, 3.63) is 0 Å². The van der Waals surface area contributed by atoms with Crippen molar-refractivity contribution in [1.82, 2.24) is 4.90 Å². The number of nitrogens with zero attached hydrogens (tertiary/aromatic N) is 1. The number of carbonyl (C=O) groups is 1. The van der Waals surface area contributed by atoms with E-state index in [-0.39, 0.29) is 12.0 Å². The van der Waals surface area contributed by atoms with E-state index in [1.165, 1.54) is 0 Å². The SMILES string of the molecule is NCCCCCC(=O)N1CCC(O)CC1. The van der Waals surface area contributed by atoms with Crippen molar-refractivity contribution in [1.29, 1.82) is 0 Å². The highest BCUT2D eigenvalue weighted by Gasteiger charge is 2.20. The van der Waals surface area contributed by atoms with Crippen LogP contribution in [0.1, 0.15) is 38.5 Å². The lowest BCUT2D eigenvalue weighted by Crippen LogP contribution is -2.39. The Morgan fingerprint density at radius 1 is 1.27 bits per heavy atom. The number of amides is 1. The first-order chi connectivity index (χ1) is 7.24. The summed E-state index contributed by atoms with van der Waals surface area (Å²) in [6.45, 7) is 2.15. The van der Waals surface area contributed by atoms with Crippen LogP contribution in [0.4, 0.5) is 0 Å². The van der Waals surface area contributed by atoms with Crippen molar-refractivity contribution in [2.75, 3.05) is 19.6 Å². The number of rotatable bonds is 5. The van der Waals surface area contributed by atoms with E-state index in [0.29, 0.717) is 13.0 Å². The second-order valence-electron chi connectivity index (χ2n) is 4.21. The van der Waals surface area contributed by atoms with Crippen LogP contribution in [0.15, 0.2) is 0 Å². The van der Waals surface area contributed by atoms with Gasteiger partial charge in [0.25, 0.3) is 0 Å². The van der Waals surface area contributed by atoms with E-state index < -0.39 is 0 Å². The van der Waals surface area contributed by atoms with Crippen molar-refractivity contribution >= 4 is 5.91 Å². The summed E-state index contributed by atoms with van der Waals surface area (Å²) >= 11 is 0. The van der Waals surface area contributed by atoms with Gasteiger partial charge in [-0.1, -0.05) is 6.42 Å². The number of nitrogens with two attached hydrogens (primary N) is 1. The molecule has 1 aliphatic rings. The number of aliphatic hydroxyl groups is 1. The van der Waals surface area contributed by atoms with E-state index in [1.807, 2.05) is 4.90 Å². The topological polar surface area (TPSA) is 66.6 Å². The summed E-state index contributed by atoms with van der Waals surface area (Å²) in [5.74, 6) is 0.235. The largest absolute Gasteiger partial charge is 0.393 e. The smallest absolute Gasteiger partial charge is 0.222 e. The number of carbonyl (C=O) groups excluding carboxylic acids is 1. The van der Waals surface area contributed by atoms with Crippen LogP contribution in [-0.2, 0) is 4.79 Å². The monoisotopic (exact) mass is 214 g/mol. The maximum Gasteiger partial charge on any atom is 0.222 e. The number of hydrogen-bond donors (Lipinski definition) is 2. The van der Waals surface area contributed by atoms with Crippen LogP contribution in [0.3, 0.4) is 0 Å². The fourth-order valence-corrected chi connectivity index (χ4v) is 1.87. The molecule has 0 spiro atoms. The van der Waals surface area contributed by atoms with Gasteiger partial charge in [0.15, 0.2) is 0 Å². The molecule has 1 fully saturated rings. The average molecular weight is 214 g/mol. The van der Waals surface area contributed by atoms with E-state index >= 15 is 0 Å². The molecule has 1 saturated heterocycles. The predicted molar refractivity (Wildman–Crippen MR) is 59.3 cm³/mol. The molecule has 0 aromatic rings. The first-order valence-corrected chi connectivity index (χ1v) is 5.90. The standard InChI is InChI=1S/C11H22N2O2/c12-7-3-1-2-4-11(15)13-8-5-10(14)6-9-13/h10,14H,1-9,12H2. The number of hydrogen-bond acceptors (Lipinski definition) is 3. The number of likely N-dealkylation sites (tertiary alicyclic amines) is 1. The lowest BCUT2D eigenvalue weighted by Gasteiger charge is -2.29. The Balaban J connectivity index is 2.11. The number of unbranched alkanes of at least 4 members (excludes halogenated alkanes) is 2. The molecular formula is C11H22N2O2. The highest BCUT2D eigenvalue weighted by atomic mass is 16.3. The Morgan fingerprint density at radius 3 is 2.53 bits per heavy atom. The lowest BCUT2D eigenvalue weighted by molar-refractivity contribution is -0.133. The van der Waals surface area contributed by atoms with Gasteiger partial charge >= 0.3 is 0 Å². The molecule has 3 N–H and O–H groups in total. The zero-order valence-electron chi connectivity index (χ0n) is 9.32. The Labute approximate surface area is 91.4 Å². The first kappa shape index (κ1) is 12.5. The Morgan fingerprint density at radius 2 is 1.93 bits per heavy atom. The maximum atomic E-state index is 11.7. The third-order valence-electron chi connectivity index (χ3n) is 2.91. The van der Waals surface area contributed by atoms with Crippen LogP contribution >= 0.6 is 0 Å². The molecule has 1 aliphatic heterocycles. The summed E-state index contributed by atoms with van der Waals surface area (Å²) in [7, 11) is 0. The molecule has 88 valence electrons. The third kappa shape index (κ3) is 4.62. The molecule has 0 bridgehead atoms. The third-order valence-corrected chi connectivity index (χ3v) is 2.91. The van der Waals surface area contributed by atoms with Gasteiger partial charge in [-0.3, -0.25) is 4.79 Å². The van der Waals surface area contributed by atoms with E-state index in [1.54, 1.807) is 0 Å². The molecule has 0 aromatic carbocycles. The van der Waals surface area contributed by atoms with Gasteiger partial charge in [0.05, 0.1) is 6.10 Å². The van der Waals surface area contributed by atoms with Crippen LogP contribution in [0, 0.1) is 0 Å². The zero-order chi connectivity index (χ0) is 11.1. The summed E-state index contributed by atoms with van der Waals surface area (Å²) in [6.07, 6.45) is 4.88. The minimum absolute atomic E-state index is 0.203. The first-order valence-electron chi connectivity index (χ1n) is 5.90. The highest BCUT2D eigenvalue weighted by Crippen LogP contribution is 2.12. The Kier molecular flexibility index (Phi) is 5.65. The average Bonchev–Trinajstić information content (AvgIpc) is 2.25. The van der Waals surface area contributed by atoms with Gasteiger partial charge in [-0.15, -0.1) is 0 Å². The summed E-state index contributed by atoms with van der Waals surface area (Å²) in [5.41, 5.74) is 5.38. The molecule has 0 aromatic heterocycles. The van der Waals surface area contributed by atoms with Crippen molar-refractivity contribution in [2.24, 2.45) is 5.73 Å². The van der Waals surface area contributed by atoms with Crippen LogP contribution in [0.25, 0.3) is 0 Å². The van der Waals surface area contributed by atoms with Crippen molar-refractivity contribution < 1.29 is 9.90 Å². The van der Waals surface area contributed by atoms with E-state index in [9.17, 15) is 9.90 Å². The van der Waals surface area contributed by atoms with E-state index in [2.05, 4.69) is 0 Å². The van der Waals surface area contributed by atoms with Crippen molar-refractivity contribution in [3.8, 4) is 0 Å². The molecule has 0 radical (unpaired) electrons. The Bertz CT molecular complexity index is 189. The van der Waals surface area contributed by atoms with Gasteiger partial charge in [0, 0.05) is 19.5 Å². The molecule has 1 rings (SSSR count). The molecule has 15 heavy (non-hydrogen) atoms. The number of aliphatic hydroxyl groups excluding tert-OH is 1. The van der Waals surface area contributed by atoms with Gasteiger partial charge in [-0.25, -0.2) is 0 Å². The highest BCUT2D eigenvalue weighted by molar-refractivity contribution is 5.76. The maximum absolute atomic E-state index is 11.7. The molecule has 0 unspecified atom stereocenters. The van der Waals surface area contributed by atoms with Crippen LogP contribution < -0.4 is 5.73 Å². The van der Waals surface area contributed by atoms with Gasteiger partial charge in [0.1, 0.15) is 0 Å². The normalized spacial score (nSPS) is 18.1. The minimum atomic E-state index is -0.203. The van der Waals surface area contributed by atoms with Crippen molar-refractivity contribution in [3.63, 3.8) is 0 Å². The van der Waals surface area contributed by atoms with Crippen molar-refractivity contribution in [2.45, 2.75) is 44.6 Å². The van der Waals surface area contributed by atoms with Gasteiger partial charge < -0.3 is 15.7 Å². The molecular weight excluding hydrogens is 192 g/mol. The second kappa shape index (κ2) is 6.80. The molecule has 1 amide bonds. The minimum Gasteiger partial charge on any atom is -0.393 e. The van der Waals surface area contributed by atoms with Gasteiger partial charge in [-0.05, 0) is 32.2 Å². The molecule has 4 heteroatoms. The summed E-state index contributed by atoms with van der Waals surface area (Å²) < 4.78 is 0. The summed E-state index contributed by atoms with van der Waals surface area (Å²) in [4.78, 5) is 13.6. The lowest BCUT2D eigenvalue weighted by atomic mass is 10.1. The van der Waals surface area contributed by atoms with Crippen LogP contribution in [-0.4, -0.2) is 41.7 Å². The fraction of sp³-hybridized carbons (Fsp3) is 0.909. The van der Waals surface area contributed by atoms with Gasteiger partial charge in [-0.2, -0.15) is 0 Å².